The highest BCUT2D eigenvalue weighted by Gasteiger charge is 2.25. The molecule has 0 spiro atoms. The molecule has 18 heavy (non-hydrogen) atoms. The summed E-state index contributed by atoms with van der Waals surface area (Å²) >= 11 is 0. The minimum Gasteiger partial charge on any atom is -0.377 e. The lowest BCUT2D eigenvalue weighted by molar-refractivity contribution is 0.0184. The molecule has 1 aliphatic rings. The van der Waals surface area contributed by atoms with Crippen LogP contribution in [-0.2, 0) is 11.8 Å². The molecule has 1 aromatic heterocycles. The van der Waals surface area contributed by atoms with Crippen molar-refractivity contribution in [3.05, 3.63) is 12.2 Å². The van der Waals surface area contributed by atoms with Crippen LogP contribution in [0.15, 0.2) is 6.33 Å². The van der Waals surface area contributed by atoms with Crippen molar-refractivity contribution in [3.8, 4) is 0 Å². The number of aryl methyl sites for hydroxylation is 1. The largest absolute Gasteiger partial charge is 0.377 e. The SMILES string of the molecule is C[C@@H]1COCCN1C(=O)N[C@H](C)c1nncn1C. The Morgan fingerprint density at radius 3 is 3.06 bits per heavy atom. The fraction of sp³-hybridized carbons (Fsp3) is 0.727. The summed E-state index contributed by atoms with van der Waals surface area (Å²) in [5, 5.41) is 10.7. The Morgan fingerprint density at radius 2 is 2.44 bits per heavy atom. The molecule has 1 N–H and O–H groups in total. The van der Waals surface area contributed by atoms with Crippen molar-refractivity contribution in [1.82, 2.24) is 25.0 Å². The van der Waals surface area contributed by atoms with Gasteiger partial charge in [-0.15, -0.1) is 10.2 Å². The number of nitrogens with zero attached hydrogens (tertiary/aromatic N) is 4. The first-order valence-corrected chi connectivity index (χ1v) is 6.08. The molecule has 2 atom stereocenters. The topological polar surface area (TPSA) is 72.3 Å². The van der Waals surface area contributed by atoms with Gasteiger partial charge in [0, 0.05) is 13.6 Å². The highest BCUT2D eigenvalue weighted by atomic mass is 16.5. The van der Waals surface area contributed by atoms with Gasteiger partial charge in [0.1, 0.15) is 6.33 Å². The fourth-order valence-electron chi connectivity index (χ4n) is 2.05. The second kappa shape index (κ2) is 5.34. The molecule has 7 nitrogen and oxygen atoms in total. The van der Waals surface area contributed by atoms with Crippen molar-refractivity contribution in [2.24, 2.45) is 7.05 Å². The van der Waals surface area contributed by atoms with Crippen LogP contribution in [0.5, 0.6) is 0 Å². The van der Waals surface area contributed by atoms with Crippen molar-refractivity contribution >= 4 is 6.03 Å². The minimum atomic E-state index is -0.167. The van der Waals surface area contributed by atoms with Gasteiger partial charge >= 0.3 is 6.03 Å². The molecule has 1 saturated heterocycles. The number of carbonyl (C=O) groups is 1. The molecule has 0 saturated carbocycles. The molecule has 0 aromatic carbocycles. The van der Waals surface area contributed by atoms with E-state index in [4.69, 9.17) is 4.74 Å². The molecule has 0 radical (unpaired) electrons. The number of morpholine rings is 1. The zero-order valence-electron chi connectivity index (χ0n) is 11.0. The molecular formula is C11H19N5O2. The normalized spacial score (nSPS) is 21.7. The smallest absolute Gasteiger partial charge is 0.318 e. The first-order chi connectivity index (χ1) is 8.59. The second-order valence-corrected chi connectivity index (χ2v) is 4.59. The third-order valence-electron chi connectivity index (χ3n) is 3.10. The zero-order valence-corrected chi connectivity index (χ0v) is 11.0. The average Bonchev–Trinajstić information content (AvgIpc) is 2.76. The monoisotopic (exact) mass is 253 g/mol. The Bertz CT molecular complexity index is 419. The predicted octanol–water partition coefficient (Wildman–Crippen LogP) is 0.306. The number of hydrogen-bond donors (Lipinski definition) is 1. The number of hydrogen-bond acceptors (Lipinski definition) is 4. The molecule has 0 bridgehead atoms. The fourth-order valence-corrected chi connectivity index (χ4v) is 2.05. The Hall–Kier alpha value is -1.63. The summed E-state index contributed by atoms with van der Waals surface area (Å²) in [6.07, 6.45) is 1.62. The number of urea groups is 1. The van der Waals surface area contributed by atoms with Crippen LogP contribution >= 0.6 is 0 Å². The minimum absolute atomic E-state index is 0.0821. The summed E-state index contributed by atoms with van der Waals surface area (Å²) in [6, 6.07) is -0.146. The molecule has 7 heteroatoms. The van der Waals surface area contributed by atoms with Gasteiger partial charge in [-0.25, -0.2) is 4.79 Å². The summed E-state index contributed by atoms with van der Waals surface area (Å²) in [6.45, 7) is 5.68. The van der Waals surface area contributed by atoms with Gasteiger partial charge < -0.3 is 19.5 Å². The average molecular weight is 253 g/mol. The Balaban J connectivity index is 1.96. The van der Waals surface area contributed by atoms with Gasteiger partial charge in [0.2, 0.25) is 0 Å². The van der Waals surface area contributed by atoms with E-state index in [9.17, 15) is 4.79 Å². The van der Waals surface area contributed by atoms with E-state index in [2.05, 4.69) is 15.5 Å². The van der Waals surface area contributed by atoms with Crippen LogP contribution in [0.1, 0.15) is 25.7 Å². The van der Waals surface area contributed by atoms with E-state index in [1.807, 2.05) is 20.9 Å². The number of amides is 2. The van der Waals surface area contributed by atoms with Crippen LogP contribution in [0.3, 0.4) is 0 Å². The van der Waals surface area contributed by atoms with Gasteiger partial charge in [-0.05, 0) is 13.8 Å². The van der Waals surface area contributed by atoms with Crippen molar-refractivity contribution in [1.29, 1.82) is 0 Å². The third kappa shape index (κ3) is 2.61. The van der Waals surface area contributed by atoms with Crippen LogP contribution in [-0.4, -0.2) is 51.5 Å². The molecule has 1 aromatic rings. The van der Waals surface area contributed by atoms with Crippen molar-refractivity contribution in [2.75, 3.05) is 19.8 Å². The number of rotatable bonds is 2. The molecule has 1 fully saturated rings. The van der Waals surface area contributed by atoms with Crippen molar-refractivity contribution in [2.45, 2.75) is 25.9 Å². The molecular weight excluding hydrogens is 234 g/mol. The first kappa shape index (κ1) is 12.8. The molecule has 2 heterocycles. The summed E-state index contributed by atoms with van der Waals surface area (Å²) < 4.78 is 7.11. The molecule has 0 unspecified atom stereocenters. The van der Waals surface area contributed by atoms with Gasteiger partial charge in [0.05, 0.1) is 25.3 Å². The quantitative estimate of drug-likeness (QED) is 0.823. The summed E-state index contributed by atoms with van der Waals surface area (Å²) in [7, 11) is 1.86. The second-order valence-electron chi connectivity index (χ2n) is 4.59. The van der Waals surface area contributed by atoms with Crippen LogP contribution in [0.2, 0.25) is 0 Å². The van der Waals surface area contributed by atoms with E-state index >= 15 is 0 Å². The summed E-state index contributed by atoms with van der Waals surface area (Å²) in [5.74, 6) is 0.740. The van der Waals surface area contributed by atoms with E-state index in [-0.39, 0.29) is 18.1 Å². The number of nitrogens with one attached hydrogen (secondary N) is 1. The Labute approximate surface area is 106 Å². The third-order valence-corrected chi connectivity index (χ3v) is 3.10. The molecule has 2 amide bonds. The summed E-state index contributed by atoms with van der Waals surface area (Å²) in [5.41, 5.74) is 0. The number of ether oxygens (including phenoxy) is 1. The molecule has 1 aliphatic heterocycles. The first-order valence-electron chi connectivity index (χ1n) is 6.08. The number of carbonyl (C=O) groups excluding carboxylic acids is 1. The van der Waals surface area contributed by atoms with Crippen molar-refractivity contribution < 1.29 is 9.53 Å². The highest BCUT2D eigenvalue weighted by Crippen LogP contribution is 2.11. The lowest BCUT2D eigenvalue weighted by atomic mass is 10.2. The van der Waals surface area contributed by atoms with Crippen LogP contribution in [0, 0.1) is 0 Å². The highest BCUT2D eigenvalue weighted by molar-refractivity contribution is 5.75. The lowest BCUT2D eigenvalue weighted by Gasteiger charge is -2.34. The maximum absolute atomic E-state index is 12.1. The summed E-state index contributed by atoms with van der Waals surface area (Å²) in [4.78, 5) is 13.9. The van der Waals surface area contributed by atoms with Gasteiger partial charge in [-0.1, -0.05) is 0 Å². The van der Waals surface area contributed by atoms with E-state index in [0.717, 1.165) is 5.82 Å². The Kier molecular flexibility index (Phi) is 3.81. The maximum atomic E-state index is 12.1. The van der Waals surface area contributed by atoms with E-state index < -0.39 is 0 Å². The van der Waals surface area contributed by atoms with Crippen LogP contribution in [0.4, 0.5) is 4.79 Å². The van der Waals surface area contributed by atoms with Gasteiger partial charge in [-0.3, -0.25) is 0 Å². The van der Waals surface area contributed by atoms with Gasteiger partial charge in [0.25, 0.3) is 0 Å². The maximum Gasteiger partial charge on any atom is 0.318 e. The van der Waals surface area contributed by atoms with Crippen LogP contribution < -0.4 is 5.32 Å². The van der Waals surface area contributed by atoms with E-state index in [1.165, 1.54) is 0 Å². The van der Waals surface area contributed by atoms with Crippen molar-refractivity contribution in [3.63, 3.8) is 0 Å². The van der Waals surface area contributed by atoms with E-state index in [0.29, 0.717) is 19.8 Å². The van der Waals surface area contributed by atoms with Gasteiger partial charge in [-0.2, -0.15) is 0 Å². The lowest BCUT2D eigenvalue weighted by Crippen LogP contribution is -2.51. The molecule has 0 aliphatic carbocycles. The zero-order chi connectivity index (χ0) is 13.1. The standard InChI is InChI=1S/C11H19N5O2/c1-8-6-18-5-4-16(8)11(17)13-9(2)10-14-12-7-15(10)3/h7-9H,4-6H2,1-3H3,(H,13,17)/t8-,9-/m1/s1. The molecule has 100 valence electrons. The van der Waals surface area contributed by atoms with Gasteiger partial charge in [0.15, 0.2) is 5.82 Å². The number of aromatic nitrogens is 3. The van der Waals surface area contributed by atoms with E-state index in [1.54, 1.807) is 15.8 Å². The predicted molar refractivity (Wildman–Crippen MR) is 64.9 cm³/mol. The molecule has 2 rings (SSSR count). The Morgan fingerprint density at radius 1 is 1.67 bits per heavy atom. The van der Waals surface area contributed by atoms with Crippen LogP contribution in [0.25, 0.3) is 0 Å².